The van der Waals surface area contributed by atoms with E-state index in [-0.39, 0.29) is 0 Å². The van der Waals surface area contributed by atoms with Crippen LogP contribution in [0.1, 0.15) is 6.92 Å². The SMILES string of the molecule is CC(CBr)COc1c(Cl)cc(Cl)cc1Cl. The third-order valence-electron chi connectivity index (χ3n) is 1.74. The minimum Gasteiger partial charge on any atom is -0.490 e. The minimum absolute atomic E-state index is 0.396. The average molecular weight is 332 g/mol. The van der Waals surface area contributed by atoms with Crippen LogP contribution >= 0.6 is 50.7 Å². The highest BCUT2D eigenvalue weighted by Gasteiger charge is 2.10. The molecule has 0 N–H and O–H groups in total. The van der Waals surface area contributed by atoms with Gasteiger partial charge < -0.3 is 4.74 Å². The number of benzene rings is 1. The lowest BCUT2D eigenvalue weighted by atomic mass is 10.2. The quantitative estimate of drug-likeness (QED) is 0.701. The lowest BCUT2D eigenvalue weighted by molar-refractivity contribution is 0.274. The summed E-state index contributed by atoms with van der Waals surface area (Å²) < 4.78 is 5.52. The molecule has 0 aromatic heterocycles. The summed E-state index contributed by atoms with van der Waals surface area (Å²) in [5.41, 5.74) is 0. The molecule has 1 rings (SSSR count). The highest BCUT2D eigenvalue weighted by molar-refractivity contribution is 9.09. The van der Waals surface area contributed by atoms with Gasteiger partial charge in [-0.25, -0.2) is 0 Å². The Morgan fingerprint density at radius 1 is 1.27 bits per heavy atom. The fraction of sp³-hybridized carbons (Fsp3) is 0.400. The van der Waals surface area contributed by atoms with Gasteiger partial charge in [-0.3, -0.25) is 0 Å². The van der Waals surface area contributed by atoms with Crippen LogP contribution in [0.25, 0.3) is 0 Å². The number of alkyl halides is 1. The lowest BCUT2D eigenvalue weighted by Crippen LogP contribution is -2.09. The van der Waals surface area contributed by atoms with Crippen molar-refractivity contribution in [3.05, 3.63) is 27.2 Å². The summed E-state index contributed by atoms with van der Waals surface area (Å²) in [7, 11) is 0. The van der Waals surface area contributed by atoms with E-state index in [0.29, 0.717) is 33.3 Å². The molecule has 0 aliphatic carbocycles. The molecule has 0 saturated heterocycles. The highest BCUT2D eigenvalue weighted by Crippen LogP contribution is 2.35. The molecule has 0 aliphatic rings. The number of halogens is 4. The molecule has 0 bridgehead atoms. The Morgan fingerprint density at radius 2 is 1.80 bits per heavy atom. The predicted octanol–water partition coefficient (Wildman–Crippen LogP) is 5.06. The molecule has 5 heteroatoms. The Morgan fingerprint density at radius 3 is 2.27 bits per heavy atom. The van der Waals surface area contributed by atoms with Gasteiger partial charge in [-0.2, -0.15) is 0 Å². The van der Waals surface area contributed by atoms with Crippen molar-refractivity contribution in [2.45, 2.75) is 6.92 Å². The highest BCUT2D eigenvalue weighted by atomic mass is 79.9. The molecule has 84 valence electrons. The van der Waals surface area contributed by atoms with Crippen molar-refractivity contribution < 1.29 is 4.74 Å². The second-order valence-corrected chi connectivity index (χ2v) is 5.17. The van der Waals surface area contributed by atoms with Crippen LogP contribution in [0, 0.1) is 5.92 Å². The van der Waals surface area contributed by atoms with E-state index in [1.807, 2.05) is 0 Å². The topological polar surface area (TPSA) is 9.23 Å². The average Bonchev–Trinajstić information content (AvgIpc) is 2.15. The molecule has 0 fully saturated rings. The number of hydrogen-bond donors (Lipinski definition) is 0. The van der Waals surface area contributed by atoms with Gasteiger partial charge in [0.15, 0.2) is 5.75 Å². The molecular formula is C10H10BrCl3O. The van der Waals surface area contributed by atoms with Crippen molar-refractivity contribution in [1.29, 1.82) is 0 Å². The van der Waals surface area contributed by atoms with Gasteiger partial charge in [-0.15, -0.1) is 0 Å². The van der Waals surface area contributed by atoms with Gasteiger partial charge in [-0.05, 0) is 18.1 Å². The zero-order valence-corrected chi connectivity index (χ0v) is 11.9. The molecule has 1 aromatic carbocycles. The van der Waals surface area contributed by atoms with Crippen molar-refractivity contribution in [3.8, 4) is 5.75 Å². The van der Waals surface area contributed by atoms with Gasteiger partial charge >= 0.3 is 0 Å². The van der Waals surface area contributed by atoms with Crippen LogP contribution in [0.3, 0.4) is 0 Å². The molecule has 15 heavy (non-hydrogen) atoms. The number of hydrogen-bond acceptors (Lipinski definition) is 1. The van der Waals surface area contributed by atoms with Crippen LogP contribution in [0.2, 0.25) is 15.1 Å². The summed E-state index contributed by atoms with van der Waals surface area (Å²) in [5.74, 6) is 0.892. The van der Waals surface area contributed by atoms with Crippen LogP contribution in [0.4, 0.5) is 0 Å². The first-order chi connectivity index (χ1) is 7.04. The molecule has 0 spiro atoms. The maximum atomic E-state index is 5.96. The second kappa shape index (κ2) is 6.19. The third kappa shape index (κ3) is 4.03. The zero-order chi connectivity index (χ0) is 11.4. The van der Waals surface area contributed by atoms with Gasteiger partial charge in [-0.1, -0.05) is 57.7 Å². The normalized spacial score (nSPS) is 12.6. The van der Waals surface area contributed by atoms with E-state index in [9.17, 15) is 0 Å². The van der Waals surface area contributed by atoms with Crippen molar-refractivity contribution in [3.63, 3.8) is 0 Å². The molecule has 0 saturated carbocycles. The Labute approximate surface area is 113 Å². The van der Waals surface area contributed by atoms with E-state index in [1.165, 1.54) is 0 Å². The molecular weight excluding hydrogens is 322 g/mol. The van der Waals surface area contributed by atoms with E-state index in [1.54, 1.807) is 12.1 Å². The van der Waals surface area contributed by atoms with Gasteiger partial charge in [0.05, 0.1) is 16.7 Å². The fourth-order valence-electron chi connectivity index (χ4n) is 0.937. The predicted molar refractivity (Wildman–Crippen MR) is 69.9 cm³/mol. The summed E-state index contributed by atoms with van der Waals surface area (Å²) in [6, 6.07) is 3.23. The van der Waals surface area contributed by atoms with E-state index in [0.717, 1.165) is 5.33 Å². The molecule has 0 aliphatic heterocycles. The lowest BCUT2D eigenvalue weighted by Gasteiger charge is -2.13. The van der Waals surface area contributed by atoms with Crippen LogP contribution in [-0.2, 0) is 0 Å². The summed E-state index contributed by atoms with van der Waals surface area (Å²) in [5, 5.41) is 2.25. The van der Waals surface area contributed by atoms with Gasteiger partial charge in [0, 0.05) is 10.4 Å². The zero-order valence-electron chi connectivity index (χ0n) is 8.07. The molecule has 1 atom stereocenters. The Balaban J connectivity index is 2.77. The minimum atomic E-state index is 0.396. The van der Waals surface area contributed by atoms with Crippen molar-refractivity contribution >= 4 is 50.7 Å². The summed E-state index contributed by atoms with van der Waals surface area (Å²) in [4.78, 5) is 0. The number of rotatable bonds is 4. The van der Waals surface area contributed by atoms with Crippen LogP contribution in [0.15, 0.2) is 12.1 Å². The summed E-state index contributed by atoms with van der Waals surface area (Å²) in [6.45, 7) is 2.62. The van der Waals surface area contributed by atoms with Crippen molar-refractivity contribution in [1.82, 2.24) is 0 Å². The first-order valence-corrected chi connectivity index (χ1v) is 6.63. The van der Waals surface area contributed by atoms with Gasteiger partial charge in [0.25, 0.3) is 0 Å². The fourth-order valence-corrected chi connectivity index (χ4v) is 2.05. The molecule has 0 amide bonds. The molecule has 1 nitrogen and oxygen atoms in total. The Hall–Kier alpha value is 0.370. The molecule has 0 radical (unpaired) electrons. The summed E-state index contributed by atoms with van der Waals surface area (Å²) in [6.07, 6.45) is 0. The molecule has 1 unspecified atom stereocenters. The third-order valence-corrected chi connectivity index (χ3v) is 3.62. The van der Waals surface area contributed by atoms with E-state index < -0.39 is 0 Å². The number of ether oxygens (including phenoxy) is 1. The van der Waals surface area contributed by atoms with E-state index >= 15 is 0 Å². The molecule has 0 heterocycles. The smallest absolute Gasteiger partial charge is 0.156 e. The van der Waals surface area contributed by atoms with Gasteiger partial charge in [0.2, 0.25) is 0 Å². The van der Waals surface area contributed by atoms with E-state index in [2.05, 4.69) is 22.9 Å². The molecule has 1 aromatic rings. The van der Waals surface area contributed by atoms with Crippen LogP contribution < -0.4 is 4.74 Å². The maximum absolute atomic E-state index is 5.96. The largest absolute Gasteiger partial charge is 0.490 e. The first-order valence-electron chi connectivity index (χ1n) is 4.38. The van der Waals surface area contributed by atoms with E-state index in [4.69, 9.17) is 39.5 Å². The Kier molecular flexibility index (Phi) is 5.54. The van der Waals surface area contributed by atoms with Crippen molar-refractivity contribution in [2.24, 2.45) is 5.92 Å². The van der Waals surface area contributed by atoms with Crippen LogP contribution in [-0.4, -0.2) is 11.9 Å². The second-order valence-electron chi connectivity index (χ2n) is 3.27. The standard InChI is InChI=1S/C10H10BrCl3O/c1-6(4-11)5-15-10-8(13)2-7(12)3-9(10)14/h2-3,6H,4-5H2,1H3. The maximum Gasteiger partial charge on any atom is 0.156 e. The first kappa shape index (κ1) is 13.4. The van der Waals surface area contributed by atoms with Gasteiger partial charge in [0.1, 0.15) is 0 Å². The summed E-state index contributed by atoms with van der Waals surface area (Å²) >= 11 is 21.1. The van der Waals surface area contributed by atoms with Crippen LogP contribution in [0.5, 0.6) is 5.75 Å². The monoisotopic (exact) mass is 330 g/mol. The van der Waals surface area contributed by atoms with Crippen molar-refractivity contribution in [2.75, 3.05) is 11.9 Å². The Bertz CT molecular complexity index is 320.